The van der Waals surface area contributed by atoms with Gasteiger partial charge in [-0.15, -0.1) is 11.3 Å². The van der Waals surface area contributed by atoms with Crippen molar-refractivity contribution in [2.24, 2.45) is 0 Å². The molecule has 4 heterocycles. The number of aromatic nitrogens is 2. The standard InChI is InChI=1S/C24H25ClN6O3S/c1-30-6-4-18-21(12-30)35-24(29-18)23(34)28-20-11-31(13-32)7-5-17(20)27-22(33)19-9-14-2-3-16(25)8-15(14)10-26-19/h2-3,8-10,13,17,20H,4-7,11-12H2,1H3,(H,27,33)(H,28,34). The van der Waals surface area contributed by atoms with E-state index in [1.165, 1.54) is 11.3 Å². The predicted octanol–water partition coefficient (Wildman–Crippen LogP) is 2.09. The number of nitrogens with one attached hydrogen (secondary N) is 2. The van der Waals surface area contributed by atoms with E-state index in [9.17, 15) is 14.4 Å². The molecule has 9 nitrogen and oxygen atoms in total. The van der Waals surface area contributed by atoms with Gasteiger partial charge in [0, 0.05) is 54.1 Å². The summed E-state index contributed by atoms with van der Waals surface area (Å²) in [5.74, 6) is -0.622. The van der Waals surface area contributed by atoms with E-state index in [0.717, 1.165) is 47.3 Å². The number of likely N-dealkylation sites (tertiary alicyclic amines) is 1. The highest BCUT2D eigenvalue weighted by atomic mass is 35.5. The minimum absolute atomic E-state index is 0.277. The maximum atomic E-state index is 13.1. The molecule has 1 saturated heterocycles. The van der Waals surface area contributed by atoms with E-state index in [4.69, 9.17) is 11.6 Å². The molecule has 5 rings (SSSR count). The molecule has 1 aromatic carbocycles. The number of thiazole rings is 1. The van der Waals surface area contributed by atoms with Gasteiger partial charge >= 0.3 is 0 Å². The first-order valence-electron chi connectivity index (χ1n) is 11.4. The van der Waals surface area contributed by atoms with E-state index in [2.05, 4.69) is 25.5 Å². The van der Waals surface area contributed by atoms with E-state index in [1.807, 2.05) is 13.1 Å². The number of benzene rings is 1. The zero-order chi connectivity index (χ0) is 24.5. The van der Waals surface area contributed by atoms with Crippen molar-refractivity contribution in [2.75, 3.05) is 26.7 Å². The van der Waals surface area contributed by atoms with Gasteiger partial charge in [-0.2, -0.15) is 0 Å². The molecule has 3 amide bonds. The van der Waals surface area contributed by atoms with Gasteiger partial charge in [0.25, 0.3) is 11.8 Å². The molecule has 3 aromatic rings. The van der Waals surface area contributed by atoms with Crippen molar-refractivity contribution < 1.29 is 14.4 Å². The Morgan fingerprint density at radius 3 is 2.80 bits per heavy atom. The van der Waals surface area contributed by atoms with Gasteiger partial charge in [-0.25, -0.2) is 4.98 Å². The highest BCUT2D eigenvalue weighted by Crippen LogP contribution is 2.25. The average molecular weight is 513 g/mol. The molecule has 35 heavy (non-hydrogen) atoms. The summed E-state index contributed by atoms with van der Waals surface area (Å²) in [6.45, 7) is 2.49. The second-order valence-corrected chi connectivity index (χ2v) is 10.5. The van der Waals surface area contributed by atoms with Crippen molar-refractivity contribution in [3.05, 3.63) is 56.8 Å². The van der Waals surface area contributed by atoms with Gasteiger partial charge in [-0.05, 0) is 37.1 Å². The minimum atomic E-state index is -0.451. The Morgan fingerprint density at radius 1 is 1.14 bits per heavy atom. The number of carbonyl (C=O) groups excluding carboxylic acids is 3. The normalized spacial score (nSPS) is 20.3. The van der Waals surface area contributed by atoms with E-state index in [0.29, 0.717) is 29.5 Å². The van der Waals surface area contributed by atoms with Gasteiger partial charge in [-0.1, -0.05) is 17.7 Å². The van der Waals surface area contributed by atoms with Crippen LogP contribution in [-0.4, -0.2) is 76.8 Å². The number of likely N-dealkylation sites (N-methyl/N-ethyl adjacent to an activating group) is 1. The van der Waals surface area contributed by atoms with Crippen molar-refractivity contribution >= 4 is 51.9 Å². The molecule has 0 saturated carbocycles. The zero-order valence-corrected chi connectivity index (χ0v) is 20.7. The molecule has 2 N–H and O–H groups in total. The van der Waals surface area contributed by atoms with Crippen LogP contribution in [0.25, 0.3) is 10.8 Å². The lowest BCUT2D eigenvalue weighted by molar-refractivity contribution is -0.119. The van der Waals surface area contributed by atoms with Gasteiger partial charge in [0.05, 0.1) is 17.8 Å². The SMILES string of the molecule is CN1CCc2nc(C(=O)NC3CN(C=O)CCC3NC(=O)c3cc4ccc(Cl)cc4cn3)sc2C1. The maximum Gasteiger partial charge on any atom is 0.280 e. The number of fused-ring (bicyclic) bond motifs is 2. The molecule has 2 unspecified atom stereocenters. The summed E-state index contributed by atoms with van der Waals surface area (Å²) in [6.07, 6.45) is 3.72. The number of amides is 3. The van der Waals surface area contributed by atoms with E-state index < -0.39 is 6.04 Å². The summed E-state index contributed by atoms with van der Waals surface area (Å²) < 4.78 is 0. The number of halogens is 1. The molecule has 2 aliphatic rings. The van der Waals surface area contributed by atoms with Crippen molar-refractivity contribution in [2.45, 2.75) is 31.5 Å². The highest BCUT2D eigenvalue weighted by Gasteiger charge is 2.33. The van der Waals surface area contributed by atoms with Crippen molar-refractivity contribution in [3.8, 4) is 0 Å². The Bertz CT molecular complexity index is 1300. The third-order valence-corrected chi connectivity index (χ3v) is 7.78. The summed E-state index contributed by atoms with van der Waals surface area (Å²) in [4.78, 5) is 51.3. The summed E-state index contributed by atoms with van der Waals surface area (Å²) >= 11 is 7.44. The average Bonchev–Trinajstić information content (AvgIpc) is 3.28. The Labute approximate surface area is 211 Å². The number of hydrogen-bond acceptors (Lipinski definition) is 7. The summed E-state index contributed by atoms with van der Waals surface area (Å²) in [5.41, 5.74) is 1.25. The number of hydrogen-bond donors (Lipinski definition) is 2. The molecule has 0 bridgehead atoms. The Morgan fingerprint density at radius 2 is 1.97 bits per heavy atom. The van der Waals surface area contributed by atoms with Gasteiger partial charge in [-0.3, -0.25) is 19.4 Å². The molecule has 0 spiro atoms. The van der Waals surface area contributed by atoms with Crippen LogP contribution in [0.3, 0.4) is 0 Å². The summed E-state index contributed by atoms with van der Waals surface area (Å²) in [5, 5.41) is 8.73. The molecule has 2 aromatic heterocycles. The molecule has 0 aliphatic carbocycles. The lowest BCUT2D eigenvalue weighted by Crippen LogP contribution is -2.60. The van der Waals surface area contributed by atoms with E-state index in [-0.39, 0.29) is 23.6 Å². The van der Waals surface area contributed by atoms with E-state index in [1.54, 1.807) is 29.3 Å². The summed E-state index contributed by atoms with van der Waals surface area (Å²) in [7, 11) is 2.05. The number of carbonyl (C=O) groups is 3. The molecular weight excluding hydrogens is 488 g/mol. The van der Waals surface area contributed by atoms with Crippen LogP contribution in [-0.2, 0) is 17.8 Å². The molecular formula is C24H25ClN6O3S. The fourth-order valence-electron chi connectivity index (χ4n) is 4.52. The van der Waals surface area contributed by atoms with Crippen LogP contribution < -0.4 is 10.6 Å². The molecule has 0 radical (unpaired) electrons. The van der Waals surface area contributed by atoms with Crippen molar-refractivity contribution in [1.82, 2.24) is 30.4 Å². The van der Waals surface area contributed by atoms with Crippen LogP contribution in [0.2, 0.25) is 5.02 Å². The third kappa shape index (κ3) is 5.14. The van der Waals surface area contributed by atoms with Crippen LogP contribution in [0.1, 0.15) is 37.3 Å². The monoisotopic (exact) mass is 512 g/mol. The Balaban J connectivity index is 1.31. The zero-order valence-electron chi connectivity index (χ0n) is 19.2. The molecule has 182 valence electrons. The number of pyridine rings is 1. The van der Waals surface area contributed by atoms with Gasteiger partial charge < -0.3 is 20.4 Å². The molecule has 2 atom stereocenters. The largest absolute Gasteiger partial charge is 0.346 e. The lowest BCUT2D eigenvalue weighted by Gasteiger charge is -2.37. The number of rotatable bonds is 5. The maximum absolute atomic E-state index is 13.1. The first kappa shape index (κ1) is 23.7. The number of piperidine rings is 1. The lowest BCUT2D eigenvalue weighted by atomic mass is 9.99. The van der Waals surface area contributed by atoms with Crippen LogP contribution in [0, 0.1) is 0 Å². The first-order chi connectivity index (χ1) is 16.9. The summed E-state index contributed by atoms with van der Waals surface area (Å²) in [6, 6.07) is 6.31. The molecule has 1 fully saturated rings. The first-order valence-corrected chi connectivity index (χ1v) is 12.6. The predicted molar refractivity (Wildman–Crippen MR) is 134 cm³/mol. The van der Waals surface area contributed by atoms with Crippen LogP contribution in [0.15, 0.2) is 30.5 Å². The smallest absolute Gasteiger partial charge is 0.280 e. The van der Waals surface area contributed by atoms with Crippen molar-refractivity contribution in [3.63, 3.8) is 0 Å². The molecule has 2 aliphatic heterocycles. The minimum Gasteiger partial charge on any atom is -0.346 e. The van der Waals surface area contributed by atoms with Gasteiger partial charge in [0.15, 0.2) is 5.01 Å². The quantitative estimate of drug-likeness (QED) is 0.507. The second-order valence-electron chi connectivity index (χ2n) is 8.99. The second kappa shape index (κ2) is 9.88. The van der Waals surface area contributed by atoms with Gasteiger partial charge in [0.1, 0.15) is 5.69 Å². The van der Waals surface area contributed by atoms with E-state index >= 15 is 0 Å². The van der Waals surface area contributed by atoms with Crippen LogP contribution >= 0.6 is 22.9 Å². The fourth-order valence-corrected chi connectivity index (χ4v) is 5.79. The van der Waals surface area contributed by atoms with Crippen LogP contribution in [0.5, 0.6) is 0 Å². The topological polar surface area (TPSA) is 108 Å². The number of nitrogens with zero attached hydrogens (tertiary/aromatic N) is 4. The molecule has 11 heteroatoms. The van der Waals surface area contributed by atoms with Gasteiger partial charge in [0.2, 0.25) is 6.41 Å². The Hall–Kier alpha value is -3.08. The Kier molecular flexibility index (Phi) is 6.68. The van der Waals surface area contributed by atoms with Crippen LogP contribution in [0.4, 0.5) is 0 Å². The fraction of sp³-hybridized carbons (Fsp3) is 0.375. The third-order valence-electron chi connectivity index (χ3n) is 6.46. The highest BCUT2D eigenvalue weighted by molar-refractivity contribution is 7.13. The van der Waals surface area contributed by atoms with Crippen molar-refractivity contribution in [1.29, 1.82) is 0 Å².